The van der Waals surface area contributed by atoms with Crippen LogP contribution in [-0.2, 0) is 10.2 Å². The number of carbonyl (C=O) groups excluding carboxylic acids is 1. The Morgan fingerprint density at radius 2 is 1.85 bits per heavy atom. The number of hydrogen-bond acceptors (Lipinski definition) is 3. The van der Waals surface area contributed by atoms with Crippen LogP contribution < -0.4 is 10.6 Å². The Labute approximate surface area is 162 Å². The van der Waals surface area contributed by atoms with Crippen LogP contribution in [0.5, 0.6) is 0 Å². The maximum absolute atomic E-state index is 12.5. The van der Waals surface area contributed by atoms with Crippen molar-refractivity contribution in [1.29, 1.82) is 0 Å². The normalized spacial score (nSPS) is 15.6. The topological polar surface area (TPSA) is 53.6 Å². The Morgan fingerprint density at radius 3 is 2.38 bits per heavy atom. The first-order chi connectivity index (χ1) is 12.3. The van der Waals surface area contributed by atoms with E-state index in [9.17, 15) is 4.79 Å². The lowest BCUT2D eigenvalue weighted by Gasteiger charge is -2.34. The van der Waals surface area contributed by atoms with Gasteiger partial charge in [0.2, 0.25) is 0 Å². The molecule has 0 aromatic heterocycles. The van der Waals surface area contributed by atoms with Crippen molar-refractivity contribution in [3.8, 4) is 0 Å². The van der Waals surface area contributed by atoms with Crippen molar-refractivity contribution in [3.05, 3.63) is 35.4 Å². The largest absolute Gasteiger partial charge is 0.383 e. The SMILES string of the molecule is COCCNC(=S)N1CCC(NC(=O)c2ccc(C(C)(C)C)cc2)CC1. The van der Waals surface area contributed by atoms with Crippen LogP contribution in [0.2, 0.25) is 0 Å². The summed E-state index contributed by atoms with van der Waals surface area (Å²) in [4.78, 5) is 14.6. The molecule has 1 amide bonds. The first-order valence-electron chi connectivity index (χ1n) is 9.24. The summed E-state index contributed by atoms with van der Waals surface area (Å²) in [5.41, 5.74) is 2.05. The molecule has 26 heavy (non-hydrogen) atoms. The summed E-state index contributed by atoms with van der Waals surface area (Å²) >= 11 is 5.40. The van der Waals surface area contributed by atoms with E-state index in [4.69, 9.17) is 17.0 Å². The molecule has 1 saturated heterocycles. The second kappa shape index (κ2) is 9.33. The number of carbonyl (C=O) groups is 1. The quantitative estimate of drug-likeness (QED) is 0.610. The molecule has 1 aromatic rings. The van der Waals surface area contributed by atoms with Crippen LogP contribution in [0, 0.1) is 0 Å². The summed E-state index contributed by atoms with van der Waals surface area (Å²) < 4.78 is 5.02. The zero-order chi connectivity index (χ0) is 19.2. The molecule has 0 bridgehead atoms. The lowest BCUT2D eigenvalue weighted by molar-refractivity contribution is 0.0922. The van der Waals surface area contributed by atoms with Crippen molar-refractivity contribution in [1.82, 2.24) is 15.5 Å². The fourth-order valence-corrected chi connectivity index (χ4v) is 3.27. The standard InChI is InChI=1S/C20H31N3O2S/c1-20(2,3)16-7-5-15(6-8-16)18(24)22-17-9-12-23(13-10-17)19(26)21-11-14-25-4/h5-8,17H,9-14H2,1-4H3,(H,21,26)(H,22,24). The number of amides is 1. The van der Waals surface area contributed by atoms with Gasteiger partial charge in [0.1, 0.15) is 0 Å². The molecule has 0 unspecified atom stereocenters. The van der Waals surface area contributed by atoms with E-state index in [2.05, 4.69) is 36.3 Å². The lowest BCUT2D eigenvalue weighted by Crippen LogP contribution is -2.49. The highest BCUT2D eigenvalue weighted by Crippen LogP contribution is 2.22. The van der Waals surface area contributed by atoms with Gasteiger partial charge in [-0.05, 0) is 48.2 Å². The van der Waals surface area contributed by atoms with Gasteiger partial charge in [0.25, 0.3) is 5.91 Å². The van der Waals surface area contributed by atoms with Crippen LogP contribution in [0.15, 0.2) is 24.3 Å². The molecule has 1 aliphatic rings. The highest BCUT2D eigenvalue weighted by atomic mass is 32.1. The van der Waals surface area contributed by atoms with E-state index >= 15 is 0 Å². The Bertz CT molecular complexity index is 602. The van der Waals surface area contributed by atoms with E-state index in [1.54, 1.807) is 7.11 Å². The number of benzene rings is 1. The summed E-state index contributed by atoms with van der Waals surface area (Å²) in [6.07, 6.45) is 1.80. The van der Waals surface area contributed by atoms with Crippen LogP contribution in [0.3, 0.4) is 0 Å². The number of nitrogens with zero attached hydrogens (tertiary/aromatic N) is 1. The summed E-state index contributed by atoms with van der Waals surface area (Å²) in [7, 11) is 1.68. The maximum Gasteiger partial charge on any atom is 0.251 e. The molecule has 0 aliphatic carbocycles. The van der Waals surface area contributed by atoms with E-state index in [0.29, 0.717) is 6.61 Å². The molecule has 1 aromatic carbocycles. The summed E-state index contributed by atoms with van der Waals surface area (Å²) in [5.74, 6) is 0.00436. The zero-order valence-electron chi connectivity index (χ0n) is 16.3. The van der Waals surface area contributed by atoms with Gasteiger partial charge in [0, 0.05) is 38.3 Å². The van der Waals surface area contributed by atoms with E-state index in [1.807, 2.05) is 24.3 Å². The number of likely N-dealkylation sites (tertiary alicyclic amines) is 1. The van der Waals surface area contributed by atoms with E-state index in [0.717, 1.165) is 43.2 Å². The molecule has 2 rings (SSSR count). The molecular formula is C20H31N3O2S. The number of rotatable bonds is 5. The second-order valence-corrected chi connectivity index (χ2v) is 8.17. The molecule has 0 atom stereocenters. The summed E-state index contributed by atoms with van der Waals surface area (Å²) in [6.45, 7) is 9.58. The molecule has 1 aliphatic heterocycles. The Kier molecular flexibility index (Phi) is 7.41. The number of ether oxygens (including phenoxy) is 1. The third kappa shape index (κ3) is 5.95. The van der Waals surface area contributed by atoms with Crippen molar-refractivity contribution in [2.24, 2.45) is 0 Å². The van der Waals surface area contributed by atoms with Crippen molar-refractivity contribution < 1.29 is 9.53 Å². The van der Waals surface area contributed by atoms with Crippen molar-refractivity contribution in [2.45, 2.75) is 45.1 Å². The highest BCUT2D eigenvalue weighted by molar-refractivity contribution is 7.80. The molecule has 144 valence electrons. The molecule has 0 saturated carbocycles. The minimum absolute atomic E-state index is 0.00436. The molecule has 2 N–H and O–H groups in total. The molecular weight excluding hydrogens is 346 g/mol. The van der Waals surface area contributed by atoms with Gasteiger partial charge in [-0.2, -0.15) is 0 Å². The minimum atomic E-state index is 0.00436. The molecule has 6 heteroatoms. The smallest absolute Gasteiger partial charge is 0.251 e. The third-order valence-electron chi connectivity index (χ3n) is 4.71. The van der Waals surface area contributed by atoms with Gasteiger partial charge in [0.05, 0.1) is 6.61 Å². The van der Waals surface area contributed by atoms with Crippen LogP contribution in [0.1, 0.15) is 49.5 Å². The average Bonchev–Trinajstić information content (AvgIpc) is 2.62. The first-order valence-corrected chi connectivity index (χ1v) is 9.65. The third-order valence-corrected chi connectivity index (χ3v) is 5.12. The zero-order valence-corrected chi connectivity index (χ0v) is 17.1. The summed E-state index contributed by atoms with van der Waals surface area (Å²) in [5, 5.41) is 7.12. The Hall–Kier alpha value is -1.66. The minimum Gasteiger partial charge on any atom is -0.383 e. The van der Waals surface area contributed by atoms with Gasteiger partial charge in [-0.1, -0.05) is 32.9 Å². The van der Waals surface area contributed by atoms with Crippen LogP contribution in [0.25, 0.3) is 0 Å². The van der Waals surface area contributed by atoms with Crippen molar-refractivity contribution in [2.75, 3.05) is 33.4 Å². The monoisotopic (exact) mass is 377 g/mol. The number of nitrogens with one attached hydrogen (secondary N) is 2. The van der Waals surface area contributed by atoms with Gasteiger partial charge in [-0.15, -0.1) is 0 Å². The Morgan fingerprint density at radius 1 is 1.23 bits per heavy atom. The highest BCUT2D eigenvalue weighted by Gasteiger charge is 2.22. The number of piperidine rings is 1. The van der Waals surface area contributed by atoms with Gasteiger partial charge in [-0.25, -0.2) is 0 Å². The summed E-state index contributed by atoms with van der Waals surface area (Å²) in [6, 6.07) is 8.12. The van der Waals surface area contributed by atoms with Gasteiger partial charge in [-0.3, -0.25) is 4.79 Å². The molecule has 0 spiro atoms. The lowest BCUT2D eigenvalue weighted by atomic mass is 9.86. The predicted molar refractivity (Wildman–Crippen MR) is 110 cm³/mol. The molecule has 1 heterocycles. The number of methoxy groups -OCH3 is 1. The first kappa shape index (κ1) is 20.6. The van der Waals surface area contributed by atoms with Gasteiger partial charge < -0.3 is 20.3 Å². The molecule has 0 radical (unpaired) electrons. The van der Waals surface area contributed by atoms with E-state index in [-0.39, 0.29) is 17.4 Å². The Balaban J connectivity index is 1.80. The predicted octanol–water partition coefficient (Wildman–Crippen LogP) is 2.70. The number of thiocarbonyl (C=S) groups is 1. The van der Waals surface area contributed by atoms with Crippen molar-refractivity contribution >= 4 is 23.2 Å². The van der Waals surface area contributed by atoms with Crippen LogP contribution in [0.4, 0.5) is 0 Å². The van der Waals surface area contributed by atoms with E-state index < -0.39 is 0 Å². The van der Waals surface area contributed by atoms with E-state index in [1.165, 1.54) is 5.56 Å². The molecule has 1 fully saturated rings. The van der Waals surface area contributed by atoms with Crippen LogP contribution in [-0.4, -0.2) is 55.3 Å². The van der Waals surface area contributed by atoms with Gasteiger partial charge >= 0.3 is 0 Å². The van der Waals surface area contributed by atoms with Crippen LogP contribution >= 0.6 is 12.2 Å². The fourth-order valence-electron chi connectivity index (χ4n) is 2.99. The fraction of sp³-hybridized carbons (Fsp3) is 0.600. The number of hydrogen-bond donors (Lipinski definition) is 2. The average molecular weight is 378 g/mol. The maximum atomic E-state index is 12.5. The second-order valence-electron chi connectivity index (χ2n) is 7.79. The van der Waals surface area contributed by atoms with Crippen molar-refractivity contribution in [3.63, 3.8) is 0 Å². The molecule has 5 nitrogen and oxygen atoms in total. The van der Waals surface area contributed by atoms with Gasteiger partial charge in [0.15, 0.2) is 5.11 Å².